The van der Waals surface area contributed by atoms with Crippen molar-refractivity contribution in [2.75, 3.05) is 13.7 Å². The summed E-state index contributed by atoms with van der Waals surface area (Å²) in [5.74, 6) is 0.0996. The van der Waals surface area contributed by atoms with E-state index in [1.807, 2.05) is 39.0 Å². The zero-order valence-electron chi connectivity index (χ0n) is 21.7. The minimum Gasteiger partial charge on any atom is -0.496 e. The maximum atomic E-state index is 14.0. The molecule has 1 aliphatic rings. The monoisotopic (exact) mass is 531 g/mol. The number of amides is 1. The van der Waals surface area contributed by atoms with Crippen LogP contribution in [0.4, 0.5) is 0 Å². The van der Waals surface area contributed by atoms with Crippen LogP contribution in [-0.4, -0.2) is 38.0 Å². The summed E-state index contributed by atoms with van der Waals surface area (Å²) >= 11 is 0. The van der Waals surface area contributed by atoms with Gasteiger partial charge in [-0.2, -0.15) is 0 Å². The summed E-state index contributed by atoms with van der Waals surface area (Å²) in [5, 5.41) is 0.448. The number of hydrogen-bond acceptors (Lipinski definition) is 7. The molecular formula is C29H29N3O5S. The van der Waals surface area contributed by atoms with Crippen molar-refractivity contribution < 1.29 is 22.7 Å². The van der Waals surface area contributed by atoms with Crippen molar-refractivity contribution in [3.63, 3.8) is 0 Å². The van der Waals surface area contributed by atoms with E-state index >= 15 is 0 Å². The topological polar surface area (TPSA) is 107 Å². The van der Waals surface area contributed by atoms with Crippen molar-refractivity contribution in [1.82, 2.24) is 14.7 Å². The standard InChI is InChI=1S/C29H29N3O5S/c1-5-37-27-14-11-20(17-30-27)23-16-29(23,22-15-18(2)9-13-25(22)36-4)28(33)32-38(34,35)26-8-6-7-24-21(26)12-10-19(3)31-24/h6-15,17,23H,5,16H2,1-4H3,(H,32,33)/t23-,29-/m0/s1. The summed E-state index contributed by atoms with van der Waals surface area (Å²) in [7, 11) is -2.68. The van der Waals surface area contributed by atoms with Gasteiger partial charge in [0, 0.05) is 34.8 Å². The molecule has 0 bridgehead atoms. The zero-order valence-corrected chi connectivity index (χ0v) is 22.5. The molecule has 2 aromatic carbocycles. The van der Waals surface area contributed by atoms with Crippen LogP contribution in [0.2, 0.25) is 0 Å². The van der Waals surface area contributed by atoms with Crippen LogP contribution in [0, 0.1) is 13.8 Å². The highest BCUT2D eigenvalue weighted by Gasteiger charge is 2.63. The normalized spacial score (nSPS) is 18.7. The highest BCUT2D eigenvalue weighted by molar-refractivity contribution is 7.90. The van der Waals surface area contributed by atoms with E-state index in [1.54, 1.807) is 42.6 Å². The Labute approximate surface area is 222 Å². The van der Waals surface area contributed by atoms with Crippen molar-refractivity contribution in [3.05, 3.63) is 89.2 Å². The van der Waals surface area contributed by atoms with Gasteiger partial charge in [0.1, 0.15) is 5.75 Å². The molecule has 1 saturated carbocycles. The van der Waals surface area contributed by atoms with E-state index < -0.39 is 21.3 Å². The number of carbonyl (C=O) groups excluding carboxylic acids is 1. The van der Waals surface area contributed by atoms with Crippen molar-refractivity contribution >= 4 is 26.8 Å². The lowest BCUT2D eigenvalue weighted by Crippen LogP contribution is -2.40. The number of carbonyl (C=O) groups is 1. The number of fused-ring (bicyclic) bond motifs is 1. The van der Waals surface area contributed by atoms with Gasteiger partial charge in [-0.1, -0.05) is 29.8 Å². The number of aromatic nitrogens is 2. The Balaban J connectivity index is 1.57. The van der Waals surface area contributed by atoms with Gasteiger partial charge in [-0.05, 0) is 63.1 Å². The minimum absolute atomic E-state index is 0.00198. The average Bonchev–Trinajstić information content (AvgIpc) is 3.65. The maximum Gasteiger partial charge on any atom is 0.264 e. The van der Waals surface area contributed by atoms with Crippen LogP contribution < -0.4 is 14.2 Å². The lowest BCUT2D eigenvalue weighted by Gasteiger charge is -2.21. The van der Waals surface area contributed by atoms with Gasteiger partial charge >= 0.3 is 0 Å². The first-order valence-corrected chi connectivity index (χ1v) is 13.9. The first-order valence-electron chi connectivity index (χ1n) is 12.4. The minimum atomic E-state index is -4.22. The van der Waals surface area contributed by atoms with E-state index in [9.17, 15) is 13.2 Å². The molecule has 38 heavy (non-hydrogen) atoms. The molecule has 0 unspecified atom stereocenters. The van der Waals surface area contributed by atoms with Crippen molar-refractivity contribution in [2.45, 2.75) is 43.4 Å². The molecule has 1 amide bonds. The molecule has 1 aliphatic carbocycles. The van der Waals surface area contributed by atoms with E-state index in [0.29, 0.717) is 41.1 Å². The van der Waals surface area contributed by atoms with Gasteiger partial charge in [0.2, 0.25) is 11.8 Å². The molecule has 5 rings (SSSR count). The highest BCUT2D eigenvalue weighted by atomic mass is 32.2. The molecule has 2 atom stereocenters. The lowest BCUT2D eigenvalue weighted by molar-refractivity contribution is -0.122. The van der Waals surface area contributed by atoms with E-state index in [-0.39, 0.29) is 10.8 Å². The molecule has 9 heteroatoms. The third kappa shape index (κ3) is 4.47. The van der Waals surface area contributed by atoms with Crippen LogP contribution in [0.15, 0.2) is 71.8 Å². The van der Waals surface area contributed by atoms with E-state index in [4.69, 9.17) is 9.47 Å². The molecule has 2 aromatic heterocycles. The largest absolute Gasteiger partial charge is 0.496 e. The summed E-state index contributed by atoms with van der Waals surface area (Å²) in [6.45, 7) is 6.13. The fourth-order valence-electron chi connectivity index (χ4n) is 5.07. The molecule has 1 fully saturated rings. The van der Waals surface area contributed by atoms with Gasteiger partial charge in [-0.15, -0.1) is 0 Å². The molecule has 0 aliphatic heterocycles. The molecule has 4 aromatic rings. The number of ether oxygens (including phenoxy) is 2. The molecule has 8 nitrogen and oxygen atoms in total. The summed E-state index contributed by atoms with van der Waals surface area (Å²) in [5.41, 5.74) is 2.54. The van der Waals surface area contributed by atoms with Gasteiger partial charge in [-0.3, -0.25) is 9.78 Å². The van der Waals surface area contributed by atoms with Crippen molar-refractivity contribution in [3.8, 4) is 11.6 Å². The molecular weight excluding hydrogens is 502 g/mol. The van der Waals surface area contributed by atoms with Crippen LogP contribution in [0.25, 0.3) is 10.9 Å². The number of benzene rings is 2. The van der Waals surface area contributed by atoms with Crippen LogP contribution >= 0.6 is 0 Å². The van der Waals surface area contributed by atoms with Gasteiger partial charge in [0.05, 0.1) is 29.5 Å². The Morgan fingerprint density at radius 3 is 2.63 bits per heavy atom. The SMILES string of the molecule is CCOc1ccc([C@@H]2C[C@]2(C(=O)NS(=O)(=O)c2cccc3nc(C)ccc23)c2cc(C)ccc2OC)cn1. The lowest BCUT2D eigenvalue weighted by atomic mass is 9.88. The van der Waals surface area contributed by atoms with E-state index in [1.165, 1.54) is 13.2 Å². The predicted molar refractivity (Wildman–Crippen MR) is 144 cm³/mol. The molecule has 2 heterocycles. The molecule has 196 valence electrons. The van der Waals surface area contributed by atoms with Crippen LogP contribution in [-0.2, 0) is 20.2 Å². The van der Waals surface area contributed by atoms with E-state index in [0.717, 1.165) is 16.8 Å². The summed E-state index contributed by atoms with van der Waals surface area (Å²) in [6.07, 6.45) is 2.08. The maximum absolute atomic E-state index is 14.0. The Morgan fingerprint density at radius 2 is 1.92 bits per heavy atom. The summed E-state index contributed by atoms with van der Waals surface area (Å²) in [6, 6.07) is 17.5. The number of hydrogen-bond donors (Lipinski definition) is 1. The first kappa shape index (κ1) is 25.7. The zero-order chi connectivity index (χ0) is 27.1. The summed E-state index contributed by atoms with van der Waals surface area (Å²) in [4.78, 5) is 22.8. The number of nitrogens with one attached hydrogen (secondary N) is 1. The second-order valence-electron chi connectivity index (χ2n) is 9.50. The fourth-order valence-corrected chi connectivity index (χ4v) is 6.32. The van der Waals surface area contributed by atoms with Crippen molar-refractivity contribution in [2.24, 2.45) is 0 Å². The average molecular weight is 532 g/mol. The smallest absolute Gasteiger partial charge is 0.264 e. The molecule has 0 radical (unpaired) electrons. The fraction of sp³-hybridized carbons (Fsp3) is 0.276. The molecule has 0 spiro atoms. The van der Waals surface area contributed by atoms with Crippen LogP contribution in [0.5, 0.6) is 11.6 Å². The Hall–Kier alpha value is -3.98. The van der Waals surface area contributed by atoms with Gasteiger partial charge in [0.15, 0.2) is 0 Å². The quantitative estimate of drug-likeness (QED) is 0.354. The number of pyridine rings is 2. The highest BCUT2D eigenvalue weighted by Crippen LogP contribution is 2.62. The Bertz CT molecular complexity index is 1640. The van der Waals surface area contributed by atoms with Gasteiger partial charge in [0.25, 0.3) is 10.0 Å². The number of nitrogens with zero attached hydrogens (tertiary/aromatic N) is 2. The van der Waals surface area contributed by atoms with Gasteiger partial charge in [-0.25, -0.2) is 18.1 Å². The van der Waals surface area contributed by atoms with E-state index in [2.05, 4.69) is 14.7 Å². The third-order valence-electron chi connectivity index (χ3n) is 7.00. The van der Waals surface area contributed by atoms with Crippen molar-refractivity contribution in [1.29, 1.82) is 0 Å². The Morgan fingerprint density at radius 1 is 1.11 bits per heavy atom. The second kappa shape index (κ2) is 9.72. The predicted octanol–water partition coefficient (Wildman–Crippen LogP) is 4.58. The van der Waals surface area contributed by atoms with Crippen LogP contribution in [0.1, 0.15) is 41.6 Å². The summed E-state index contributed by atoms with van der Waals surface area (Å²) < 4.78 is 40.7. The first-order chi connectivity index (χ1) is 18.2. The van der Waals surface area contributed by atoms with Gasteiger partial charge < -0.3 is 9.47 Å². The molecule has 0 saturated heterocycles. The Kier molecular flexibility index (Phi) is 6.56. The number of sulfonamides is 1. The van der Waals surface area contributed by atoms with Crippen LogP contribution in [0.3, 0.4) is 0 Å². The third-order valence-corrected chi connectivity index (χ3v) is 8.39. The second-order valence-corrected chi connectivity index (χ2v) is 11.2. The number of methoxy groups -OCH3 is 1. The number of aryl methyl sites for hydroxylation is 2. The molecule has 1 N–H and O–H groups in total. The number of rotatable bonds is 8.